The topological polar surface area (TPSA) is 78.9 Å². The lowest BCUT2D eigenvalue weighted by molar-refractivity contribution is -0.124. The molecule has 1 saturated heterocycles. The second-order valence-corrected chi connectivity index (χ2v) is 4.62. The number of aromatic carboxylic acids is 1. The molecule has 0 aliphatic carbocycles. The molecule has 2 N–H and O–H groups in total. The average molecular weight is 296 g/mol. The number of nitrogens with zero attached hydrogens (tertiary/aromatic N) is 1. The standard InChI is InChI=1S/C14H17FN2O4/c1-2-16-13(18)11-8-21-7-6-17(11)10-5-3-4-9(15)12(10)14(19)20/h3-5,11H,2,6-8H2,1H3,(H,16,18)(H,19,20). The number of hydrogen-bond acceptors (Lipinski definition) is 4. The van der Waals surface area contributed by atoms with E-state index in [0.29, 0.717) is 19.7 Å². The number of likely N-dealkylation sites (N-methyl/N-ethyl adjacent to an activating group) is 1. The number of hydrogen-bond donors (Lipinski definition) is 2. The van der Waals surface area contributed by atoms with Crippen molar-refractivity contribution in [2.75, 3.05) is 31.2 Å². The number of nitrogens with one attached hydrogen (secondary N) is 1. The minimum atomic E-state index is -1.36. The van der Waals surface area contributed by atoms with Crippen LogP contribution in [0, 0.1) is 5.82 Å². The molecule has 1 heterocycles. The van der Waals surface area contributed by atoms with E-state index in [1.807, 2.05) is 0 Å². The van der Waals surface area contributed by atoms with Crippen LogP contribution >= 0.6 is 0 Å². The van der Waals surface area contributed by atoms with Crippen molar-refractivity contribution in [2.45, 2.75) is 13.0 Å². The number of halogens is 1. The van der Waals surface area contributed by atoms with Gasteiger partial charge in [-0.1, -0.05) is 6.07 Å². The van der Waals surface area contributed by atoms with Gasteiger partial charge in [0.25, 0.3) is 0 Å². The van der Waals surface area contributed by atoms with Gasteiger partial charge in [0.05, 0.1) is 18.9 Å². The van der Waals surface area contributed by atoms with Crippen LogP contribution in [0.4, 0.5) is 10.1 Å². The van der Waals surface area contributed by atoms with Gasteiger partial charge in [0.2, 0.25) is 5.91 Å². The second-order valence-electron chi connectivity index (χ2n) is 4.62. The number of carbonyl (C=O) groups excluding carboxylic acids is 1. The maximum absolute atomic E-state index is 13.8. The fourth-order valence-electron chi connectivity index (χ4n) is 2.37. The molecule has 1 atom stereocenters. The van der Waals surface area contributed by atoms with Crippen LogP contribution in [0.1, 0.15) is 17.3 Å². The summed E-state index contributed by atoms with van der Waals surface area (Å²) in [6.45, 7) is 3.06. The minimum Gasteiger partial charge on any atom is -0.478 e. The first-order valence-electron chi connectivity index (χ1n) is 6.70. The Morgan fingerprint density at radius 2 is 2.29 bits per heavy atom. The van der Waals surface area contributed by atoms with E-state index in [4.69, 9.17) is 4.74 Å². The predicted octanol–water partition coefficient (Wildman–Crippen LogP) is 0.865. The third-order valence-electron chi connectivity index (χ3n) is 3.30. The van der Waals surface area contributed by atoms with Crippen LogP contribution in [0.3, 0.4) is 0 Å². The molecule has 0 aromatic heterocycles. The highest BCUT2D eigenvalue weighted by Crippen LogP contribution is 2.26. The van der Waals surface area contributed by atoms with Gasteiger partial charge in [-0.2, -0.15) is 0 Å². The molecule has 6 nitrogen and oxygen atoms in total. The maximum Gasteiger partial charge on any atom is 0.340 e. The third-order valence-corrected chi connectivity index (χ3v) is 3.30. The monoisotopic (exact) mass is 296 g/mol. The maximum atomic E-state index is 13.8. The lowest BCUT2D eigenvalue weighted by atomic mass is 10.1. The fraction of sp³-hybridized carbons (Fsp3) is 0.429. The number of amides is 1. The molecule has 0 bridgehead atoms. The van der Waals surface area contributed by atoms with E-state index in [1.165, 1.54) is 12.1 Å². The van der Waals surface area contributed by atoms with Crippen LogP contribution in [0.2, 0.25) is 0 Å². The number of carbonyl (C=O) groups is 2. The summed E-state index contributed by atoms with van der Waals surface area (Å²) in [6.07, 6.45) is 0. The van der Waals surface area contributed by atoms with Crippen molar-refractivity contribution >= 4 is 17.6 Å². The Labute approximate surface area is 121 Å². The Morgan fingerprint density at radius 3 is 2.95 bits per heavy atom. The lowest BCUT2D eigenvalue weighted by Gasteiger charge is -2.36. The van der Waals surface area contributed by atoms with Crippen LogP contribution in [0.5, 0.6) is 0 Å². The number of carboxylic acid groups (broad SMARTS) is 1. The Hall–Kier alpha value is -2.15. The Balaban J connectivity index is 2.40. The van der Waals surface area contributed by atoms with Gasteiger partial charge in [-0.15, -0.1) is 0 Å². The van der Waals surface area contributed by atoms with Gasteiger partial charge in [-0.3, -0.25) is 4.79 Å². The van der Waals surface area contributed by atoms with Crippen LogP contribution in [-0.4, -0.2) is 49.3 Å². The normalized spacial score (nSPS) is 18.4. The summed E-state index contributed by atoms with van der Waals surface area (Å²) in [5.41, 5.74) is -0.226. The second kappa shape index (κ2) is 6.53. The average Bonchev–Trinajstić information content (AvgIpc) is 2.47. The highest BCUT2D eigenvalue weighted by atomic mass is 19.1. The fourth-order valence-corrected chi connectivity index (χ4v) is 2.37. The van der Waals surface area contributed by atoms with Crippen molar-refractivity contribution < 1.29 is 23.8 Å². The number of carboxylic acids is 1. The third kappa shape index (κ3) is 3.13. The molecule has 1 amide bonds. The first-order valence-corrected chi connectivity index (χ1v) is 6.70. The summed E-state index contributed by atoms with van der Waals surface area (Å²) < 4.78 is 19.1. The molecule has 0 spiro atoms. The largest absolute Gasteiger partial charge is 0.478 e. The smallest absolute Gasteiger partial charge is 0.340 e. The van der Waals surface area contributed by atoms with E-state index >= 15 is 0 Å². The Morgan fingerprint density at radius 1 is 1.52 bits per heavy atom. The molecule has 0 saturated carbocycles. The molecule has 7 heteroatoms. The Kier molecular flexibility index (Phi) is 4.74. The van der Waals surface area contributed by atoms with E-state index in [0.717, 1.165) is 6.07 Å². The van der Waals surface area contributed by atoms with E-state index in [9.17, 15) is 19.1 Å². The van der Waals surface area contributed by atoms with Crippen molar-refractivity contribution in [2.24, 2.45) is 0 Å². The molecule has 1 aliphatic heterocycles. The summed E-state index contributed by atoms with van der Waals surface area (Å²) in [5, 5.41) is 11.9. The quantitative estimate of drug-likeness (QED) is 0.862. The molecule has 1 aromatic rings. The van der Waals surface area contributed by atoms with Crippen LogP contribution in [0.25, 0.3) is 0 Å². The zero-order valence-electron chi connectivity index (χ0n) is 11.6. The van der Waals surface area contributed by atoms with E-state index in [1.54, 1.807) is 11.8 Å². The molecule has 21 heavy (non-hydrogen) atoms. The lowest BCUT2D eigenvalue weighted by Crippen LogP contribution is -2.54. The number of morpholine rings is 1. The molecule has 1 fully saturated rings. The highest BCUT2D eigenvalue weighted by molar-refractivity contribution is 5.96. The van der Waals surface area contributed by atoms with Gasteiger partial charge in [0.15, 0.2) is 0 Å². The van der Waals surface area contributed by atoms with Crippen molar-refractivity contribution in [3.05, 3.63) is 29.6 Å². The van der Waals surface area contributed by atoms with Crippen LogP contribution in [-0.2, 0) is 9.53 Å². The minimum absolute atomic E-state index is 0.140. The molecule has 1 aliphatic rings. The number of rotatable bonds is 4. The summed E-state index contributed by atoms with van der Waals surface area (Å²) in [6, 6.07) is 3.36. The van der Waals surface area contributed by atoms with Crippen molar-refractivity contribution in [1.82, 2.24) is 5.32 Å². The molecule has 114 valence electrons. The Bertz CT molecular complexity index is 550. The van der Waals surface area contributed by atoms with E-state index in [2.05, 4.69) is 5.32 Å². The summed E-state index contributed by atoms with van der Waals surface area (Å²) >= 11 is 0. The first kappa shape index (κ1) is 15.2. The summed E-state index contributed by atoms with van der Waals surface area (Å²) in [5.74, 6) is -2.44. The number of anilines is 1. The van der Waals surface area contributed by atoms with Gasteiger partial charge >= 0.3 is 5.97 Å². The van der Waals surface area contributed by atoms with Crippen molar-refractivity contribution in [1.29, 1.82) is 0 Å². The van der Waals surface area contributed by atoms with Gasteiger partial charge in [-0.25, -0.2) is 9.18 Å². The number of benzene rings is 1. The summed E-state index contributed by atoms with van der Waals surface area (Å²) in [4.78, 5) is 24.9. The first-order chi connectivity index (χ1) is 10.1. The molecular weight excluding hydrogens is 279 g/mol. The molecule has 1 unspecified atom stereocenters. The molecule has 2 rings (SSSR count). The van der Waals surface area contributed by atoms with Crippen LogP contribution in [0.15, 0.2) is 18.2 Å². The number of ether oxygens (including phenoxy) is 1. The zero-order chi connectivity index (χ0) is 15.4. The van der Waals surface area contributed by atoms with E-state index in [-0.39, 0.29) is 18.2 Å². The van der Waals surface area contributed by atoms with Crippen molar-refractivity contribution in [3.63, 3.8) is 0 Å². The molecule has 0 radical (unpaired) electrons. The van der Waals surface area contributed by atoms with Crippen LogP contribution < -0.4 is 10.2 Å². The van der Waals surface area contributed by atoms with Gasteiger partial charge in [-0.05, 0) is 19.1 Å². The van der Waals surface area contributed by atoms with Gasteiger partial charge in [0.1, 0.15) is 17.4 Å². The predicted molar refractivity (Wildman–Crippen MR) is 74.0 cm³/mol. The summed E-state index contributed by atoms with van der Waals surface area (Å²) in [7, 11) is 0. The highest BCUT2D eigenvalue weighted by Gasteiger charge is 2.32. The molecule has 1 aromatic carbocycles. The SMILES string of the molecule is CCNC(=O)C1COCCN1c1cccc(F)c1C(=O)O. The van der Waals surface area contributed by atoms with Gasteiger partial charge in [0, 0.05) is 13.1 Å². The zero-order valence-corrected chi connectivity index (χ0v) is 11.6. The van der Waals surface area contributed by atoms with Gasteiger partial charge < -0.3 is 20.1 Å². The molecular formula is C14H17FN2O4. The van der Waals surface area contributed by atoms with E-state index < -0.39 is 23.4 Å². The van der Waals surface area contributed by atoms with Crippen molar-refractivity contribution in [3.8, 4) is 0 Å².